The highest BCUT2D eigenvalue weighted by molar-refractivity contribution is 6.30. The van der Waals surface area contributed by atoms with Gasteiger partial charge in [0.05, 0.1) is 20.8 Å². The molecule has 1 unspecified atom stereocenters. The first-order valence-corrected chi connectivity index (χ1v) is 11.0. The summed E-state index contributed by atoms with van der Waals surface area (Å²) in [5, 5.41) is 18.3. The van der Waals surface area contributed by atoms with Gasteiger partial charge in [0.1, 0.15) is 6.54 Å². The molecule has 3 heterocycles. The molecule has 3 aromatic heterocycles. The van der Waals surface area contributed by atoms with Gasteiger partial charge in [0, 0.05) is 23.0 Å². The number of hydrogen-bond donors (Lipinski definition) is 1. The predicted octanol–water partition coefficient (Wildman–Crippen LogP) is 1.50. The number of esters is 1. The van der Waals surface area contributed by atoms with Gasteiger partial charge >= 0.3 is 17.8 Å². The molecule has 0 radical (unpaired) electrons. The third kappa shape index (κ3) is 5.35. The van der Waals surface area contributed by atoms with Crippen molar-refractivity contribution < 1.29 is 32.5 Å². The number of halogens is 4. The van der Waals surface area contributed by atoms with Crippen LogP contribution < -0.4 is 10.4 Å². The van der Waals surface area contributed by atoms with Gasteiger partial charge in [-0.25, -0.2) is 29.2 Å². The standard InChI is InChI=1S/C21H18ClF3N8O5/c1-37-18-16(26-7-8-27-18)33-17(19(35)38-2)28-14(29-33)10-32-20(36)31(9-13(34)21(23,24)25)15(30-32)11-3-5-12(22)6-4-11/h3-8,13,34H,9-10H2,1-2H3. The molecule has 13 nitrogen and oxygen atoms in total. The number of benzene rings is 1. The molecule has 0 saturated carbocycles. The number of ether oxygens (including phenoxy) is 2. The summed E-state index contributed by atoms with van der Waals surface area (Å²) >= 11 is 5.90. The van der Waals surface area contributed by atoms with Crippen LogP contribution in [0.5, 0.6) is 5.88 Å². The van der Waals surface area contributed by atoms with Gasteiger partial charge < -0.3 is 14.6 Å². The summed E-state index contributed by atoms with van der Waals surface area (Å²) in [5.41, 5.74) is -0.732. The van der Waals surface area contributed by atoms with Gasteiger partial charge in [0.25, 0.3) is 5.88 Å². The van der Waals surface area contributed by atoms with Crippen LogP contribution in [0.1, 0.15) is 16.4 Å². The minimum Gasteiger partial charge on any atom is -0.478 e. The molecule has 0 amide bonds. The molecule has 0 fully saturated rings. The minimum atomic E-state index is -4.98. The molecule has 0 bridgehead atoms. The Bertz CT molecular complexity index is 1520. The lowest BCUT2D eigenvalue weighted by atomic mass is 10.2. The summed E-state index contributed by atoms with van der Waals surface area (Å²) in [7, 11) is 2.44. The summed E-state index contributed by atoms with van der Waals surface area (Å²) in [6, 6.07) is 5.83. The number of aromatic nitrogens is 8. The molecule has 4 aromatic rings. The summed E-state index contributed by atoms with van der Waals surface area (Å²) in [6.45, 7) is -1.58. The van der Waals surface area contributed by atoms with Gasteiger partial charge in [0.15, 0.2) is 17.8 Å². The van der Waals surface area contributed by atoms with Crippen molar-refractivity contribution in [3.63, 3.8) is 0 Å². The van der Waals surface area contributed by atoms with Crippen molar-refractivity contribution in [3.8, 4) is 23.1 Å². The maximum Gasteiger partial charge on any atom is 0.416 e. The highest BCUT2D eigenvalue weighted by atomic mass is 35.5. The Morgan fingerprint density at radius 3 is 2.45 bits per heavy atom. The molecule has 0 aliphatic carbocycles. The minimum absolute atomic E-state index is 0.00158. The second-order valence-corrected chi connectivity index (χ2v) is 8.02. The maximum absolute atomic E-state index is 13.1. The second kappa shape index (κ2) is 10.6. The smallest absolute Gasteiger partial charge is 0.416 e. The van der Waals surface area contributed by atoms with Crippen molar-refractivity contribution in [2.24, 2.45) is 0 Å². The van der Waals surface area contributed by atoms with Crippen LogP contribution in [0.15, 0.2) is 41.5 Å². The zero-order valence-electron chi connectivity index (χ0n) is 19.6. The number of methoxy groups -OCH3 is 2. The summed E-state index contributed by atoms with van der Waals surface area (Å²) in [4.78, 5) is 37.6. The van der Waals surface area contributed by atoms with Crippen LogP contribution in [0, 0.1) is 0 Å². The molecule has 0 aliphatic heterocycles. The van der Waals surface area contributed by atoms with Crippen LogP contribution in [-0.2, 0) is 17.8 Å². The highest BCUT2D eigenvalue weighted by Crippen LogP contribution is 2.24. The van der Waals surface area contributed by atoms with E-state index in [-0.39, 0.29) is 34.7 Å². The molecule has 1 aromatic carbocycles. The quantitative estimate of drug-likeness (QED) is 0.317. The van der Waals surface area contributed by atoms with E-state index in [1.807, 2.05) is 0 Å². The number of aliphatic hydroxyl groups excluding tert-OH is 1. The van der Waals surface area contributed by atoms with Crippen molar-refractivity contribution >= 4 is 17.6 Å². The lowest BCUT2D eigenvalue weighted by Gasteiger charge is -2.15. The molecule has 0 saturated heterocycles. The lowest BCUT2D eigenvalue weighted by Crippen LogP contribution is -2.37. The molecule has 17 heteroatoms. The first kappa shape index (κ1) is 26.7. The van der Waals surface area contributed by atoms with Gasteiger partial charge in [0.2, 0.25) is 11.6 Å². The number of nitrogens with zero attached hydrogens (tertiary/aromatic N) is 8. The third-order valence-corrected chi connectivity index (χ3v) is 5.36. The Kier molecular flexibility index (Phi) is 7.45. The number of hydrogen-bond acceptors (Lipinski definition) is 10. The first-order chi connectivity index (χ1) is 18.0. The Labute approximate surface area is 216 Å². The maximum atomic E-state index is 13.1. The molecule has 4 rings (SSSR count). The number of carbonyl (C=O) groups is 1. The fourth-order valence-corrected chi connectivity index (χ4v) is 3.46. The Hall–Kier alpha value is -4.31. The van der Waals surface area contributed by atoms with Crippen LogP contribution in [0.4, 0.5) is 13.2 Å². The zero-order valence-corrected chi connectivity index (χ0v) is 20.4. The van der Waals surface area contributed by atoms with E-state index in [4.69, 9.17) is 21.1 Å². The summed E-state index contributed by atoms with van der Waals surface area (Å²) in [5.74, 6) is -1.55. The van der Waals surface area contributed by atoms with Gasteiger partial charge in [-0.05, 0) is 24.3 Å². The van der Waals surface area contributed by atoms with Crippen molar-refractivity contribution in [1.82, 2.24) is 39.1 Å². The summed E-state index contributed by atoms with van der Waals surface area (Å²) < 4.78 is 51.6. The fraction of sp³-hybridized carbons (Fsp3) is 0.286. The first-order valence-electron chi connectivity index (χ1n) is 10.6. The molecular weight excluding hydrogens is 537 g/mol. The van der Waals surface area contributed by atoms with E-state index in [9.17, 15) is 27.9 Å². The number of alkyl halides is 3. The Balaban J connectivity index is 1.80. The van der Waals surface area contributed by atoms with Crippen molar-refractivity contribution in [2.75, 3.05) is 14.2 Å². The van der Waals surface area contributed by atoms with Crippen LogP contribution in [-0.4, -0.2) is 76.7 Å². The monoisotopic (exact) mass is 554 g/mol. The molecular formula is C21H18ClF3N8O5. The zero-order chi connectivity index (χ0) is 27.6. The van der Waals surface area contributed by atoms with E-state index >= 15 is 0 Å². The van der Waals surface area contributed by atoms with Crippen LogP contribution in [0.3, 0.4) is 0 Å². The van der Waals surface area contributed by atoms with E-state index in [1.165, 1.54) is 43.8 Å². The van der Waals surface area contributed by atoms with Crippen molar-refractivity contribution in [3.05, 3.63) is 63.8 Å². The molecule has 1 atom stereocenters. The SMILES string of the molecule is COC(=O)c1nc(Cn2nc(-c3ccc(Cl)cc3)n(CC(O)C(F)(F)F)c2=O)nn1-c1nccnc1OC. The Morgan fingerprint density at radius 2 is 1.82 bits per heavy atom. The second-order valence-electron chi connectivity index (χ2n) is 7.58. The molecule has 0 spiro atoms. The topological polar surface area (TPSA) is 152 Å². The van der Waals surface area contributed by atoms with E-state index < -0.39 is 37.0 Å². The van der Waals surface area contributed by atoms with Crippen LogP contribution in [0.2, 0.25) is 5.02 Å². The average molecular weight is 555 g/mol. The van der Waals surface area contributed by atoms with Crippen LogP contribution >= 0.6 is 11.6 Å². The lowest BCUT2D eigenvalue weighted by molar-refractivity contribution is -0.207. The van der Waals surface area contributed by atoms with Gasteiger partial charge in [-0.15, -0.1) is 10.2 Å². The van der Waals surface area contributed by atoms with E-state index in [0.29, 0.717) is 9.59 Å². The predicted molar refractivity (Wildman–Crippen MR) is 123 cm³/mol. The molecule has 0 aliphatic rings. The van der Waals surface area contributed by atoms with Gasteiger partial charge in [-0.1, -0.05) is 11.6 Å². The van der Waals surface area contributed by atoms with Crippen molar-refractivity contribution in [2.45, 2.75) is 25.4 Å². The number of carbonyl (C=O) groups excluding carboxylic acids is 1. The normalized spacial score (nSPS) is 12.4. The average Bonchev–Trinajstić information content (AvgIpc) is 3.45. The molecule has 1 N–H and O–H groups in total. The van der Waals surface area contributed by atoms with Crippen LogP contribution in [0.25, 0.3) is 17.2 Å². The number of aliphatic hydroxyl groups is 1. The van der Waals surface area contributed by atoms with E-state index in [2.05, 4.69) is 25.1 Å². The van der Waals surface area contributed by atoms with Crippen molar-refractivity contribution in [1.29, 1.82) is 0 Å². The third-order valence-electron chi connectivity index (χ3n) is 5.11. The van der Waals surface area contributed by atoms with Gasteiger partial charge in [-0.3, -0.25) is 4.57 Å². The highest BCUT2D eigenvalue weighted by Gasteiger charge is 2.39. The fourth-order valence-electron chi connectivity index (χ4n) is 3.33. The van der Waals surface area contributed by atoms with Gasteiger partial charge in [-0.2, -0.15) is 17.9 Å². The Morgan fingerprint density at radius 1 is 1.13 bits per heavy atom. The van der Waals surface area contributed by atoms with E-state index in [1.54, 1.807) is 0 Å². The summed E-state index contributed by atoms with van der Waals surface area (Å²) in [6.07, 6.45) is -5.16. The van der Waals surface area contributed by atoms with E-state index in [0.717, 1.165) is 16.5 Å². The molecule has 200 valence electrons. The number of rotatable bonds is 8. The molecule has 38 heavy (non-hydrogen) atoms. The largest absolute Gasteiger partial charge is 0.478 e.